The molecule has 0 saturated heterocycles. The summed E-state index contributed by atoms with van der Waals surface area (Å²) >= 11 is 0. The zero-order valence-corrected chi connectivity index (χ0v) is 16.1. The van der Waals surface area contributed by atoms with Crippen LogP contribution in [-0.4, -0.2) is 28.0 Å². The number of hydrogen-bond donors (Lipinski definition) is 2. The molecular weight excluding hydrogens is 364 g/mol. The van der Waals surface area contributed by atoms with E-state index < -0.39 is 10.0 Å². The lowest BCUT2D eigenvalue weighted by Crippen LogP contribution is -2.28. The van der Waals surface area contributed by atoms with Gasteiger partial charge >= 0.3 is 0 Å². The number of amides is 1. The topological polar surface area (TPSA) is 84.5 Å². The fraction of sp³-hybridized carbons (Fsp3) is 0.350. The van der Waals surface area contributed by atoms with Gasteiger partial charge < -0.3 is 10.1 Å². The zero-order chi connectivity index (χ0) is 19.3. The lowest BCUT2D eigenvalue weighted by Gasteiger charge is -2.16. The van der Waals surface area contributed by atoms with Crippen LogP contribution in [0.4, 0.5) is 5.69 Å². The van der Waals surface area contributed by atoms with Crippen LogP contribution in [0.3, 0.4) is 0 Å². The van der Waals surface area contributed by atoms with Crippen LogP contribution >= 0.6 is 0 Å². The Balaban J connectivity index is 1.53. The number of carbonyl (C=O) groups excluding carboxylic acids is 1. The first-order valence-electron chi connectivity index (χ1n) is 9.03. The van der Waals surface area contributed by atoms with Crippen molar-refractivity contribution >= 4 is 21.6 Å². The Morgan fingerprint density at radius 3 is 2.44 bits per heavy atom. The first-order valence-corrected chi connectivity index (χ1v) is 10.5. The van der Waals surface area contributed by atoms with Gasteiger partial charge in [0.25, 0.3) is 0 Å². The second-order valence-corrected chi connectivity index (χ2v) is 8.33. The minimum Gasteiger partial charge on any atom is -0.497 e. The third kappa shape index (κ3) is 5.08. The van der Waals surface area contributed by atoms with Crippen LogP contribution in [0.25, 0.3) is 0 Å². The predicted molar refractivity (Wildman–Crippen MR) is 105 cm³/mol. The van der Waals surface area contributed by atoms with Crippen LogP contribution in [0, 0.1) is 0 Å². The smallest absolute Gasteiger partial charge is 0.240 e. The summed E-state index contributed by atoms with van der Waals surface area (Å²) in [7, 11) is -2.05. The maximum Gasteiger partial charge on any atom is 0.240 e. The summed E-state index contributed by atoms with van der Waals surface area (Å²) in [6.07, 6.45) is 4.23. The number of methoxy groups -OCH3 is 1. The third-order valence-electron chi connectivity index (χ3n) is 4.65. The van der Waals surface area contributed by atoms with E-state index in [1.54, 1.807) is 43.5 Å². The van der Waals surface area contributed by atoms with Gasteiger partial charge in [0.05, 0.1) is 12.0 Å². The highest BCUT2D eigenvalue weighted by Crippen LogP contribution is 2.24. The van der Waals surface area contributed by atoms with Gasteiger partial charge in [0.1, 0.15) is 5.75 Å². The number of fused-ring (bicyclic) bond motifs is 1. The third-order valence-corrected chi connectivity index (χ3v) is 6.11. The van der Waals surface area contributed by atoms with Crippen molar-refractivity contribution in [1.29, 1.82) is 0 Å². The summed E-state index contributed by atoms with van der Waals surface area (Å²) in [6, 6.07) is 12.3. The van der Waals surface area contributed by atoms with Gasteiger partial charge in [0.2, 0.25) is 15.9 Å². The van der Waals surface area contributed by atoms with Gasteiger partial charge in [-0.3, -0.25) is 4.79 Å². The van der Waals surface area contributed by atoms with Crippen molar-refractivity contribution in [3.05, 3.63) is 53.6 Å². The van der Waals surface area contributed by atoms with E-state index in [2.05, 4.69) is 10.0 Å². The van der Waals surface area contributed by atoms with Crippen molar-refractivity contribution in [1.82, 2.24) is 4.72 Å². The molecule has 0 saturated carbocycles. The van der Waals surface area contributed by atoms with Gasteiger partial charge in [-0.25, -0.2) is 13.1 Å². The monoisotopic (exact) mass is 388 g/mol. The minimum atomic E-state index is -3.62. The molecule has 0 fully saturated rings. The van der Waals surface area contributed by atoms with Crippen molar-refractivity contribution < 1.29 is 17.9 Å². The largest absolute Gasteiger partial charge is 0.497 e. The van der Waals surface area contributed by atoms with Gasteiger partial charge in [0, 0.05) is 18.7 Å². The van der Waals surface area contributed by atoms with Gasteiger partial charge in [-0.1, -0.05) is 6.07 Å². The number of nitrogens with one attached hydrogen (secondary N) is 2. The maximum absolute atomic E-state index is 12.5. The van der Waals surface area contributed by atoms with Gasteiger partial charge in [-0.05, 0) is 73.2 Å². The van der Waals surface area contributed by atoms with E-state index in [0.717, 1.165) is 31.2 Å². The standard InChI is InChI=1S/C20H24N2O4S/c1-26-18-9-7-17(8-10-18)22-20(23)12-13-21-27(24,25)19-11-6-15-4-2-3-5-16(15)14-19/h6-11,14,21H,2-5,12-13H2,1H3,(H,22,23). The van der Waals surface area contributed by atoms with E-state index in [1.165, 1.54) is 5.56 Å². The molecule has 0 spiro atoms. The van der Waals surface area contributed by atoms with E-state index >= 15 is 0 Å². The van der Waals surface area contributed by atoms with Crippen LogP contribution in [0.5, 0.6) is 5.75 Å². The van der Waals surface area contributed by atoms with Crippen molar-refractivity contribution in [3.63, 3.8) is 0 Å². The summed E-state index contributed by atoms with van der Waals surface area (Å²) in [5.41, 5.74) is 2.98. The average molecular weight is 388 g/mol. The van der Waals surface area contributed by atoms with Gasteiger partial charge in [-0.15, -0.1) is 0 Å². The molecular formula is C20H24N2O4S. The molecule has 27 heavy (non-hydrogen) atoms. The molecule has 1 aliphatic rings. The number of benzene rings is 2. The number of aryl methyl sites for hydroxylation is 2. The molecule has 144 valence electrons. The lowest BCUT2D eigenvalue weighted by atomic mass is 9.92. The Hall–Kier alpha value is -2.38. The van der Waals surface area contributed by atoms with Crippen LogP contribution in [-0.2, 0) is 27.7 Å². The van der Waals surface area contributed by atoms with Crippen molar-refractivity contribution in [3.8, 4) is 5.75 Å². The second-order valence-electron chi connectivity index (χ2n) is 6.56. The van der Waals surface area contributed by atoms with E-state index in [-0.39, 0.29) is 23.8 Å². The van der Waals surface area contributed by atoms with Crippen molar-refractivity contribution in [2.45, 2.75) is 37.0 Å². The highest BCUT2D eigenvalue weighted by atomic mass is 32.2. The van der Waals surface area contributed by atoms with Crippen LogP contribution in [0.2, 0.25) is 0 Å². The average Bonchev–Trinajstić information content (AvgIpc) is 2.68. The summed E-state index contributed by atoms with van der Waals surface area (Å²) < 4.78 is 32.5. The molecule has 0 unspecified atom stereocenters. The number of carbonyl (C=O) groups is 1. The fourth-order valence-electron chi connectivity index (χ4n) is 3.16. The van der Waals surface area contributed by atoms with Crippen molar-refractivity contribution in [2.24, 2.45) is 0 Å². The Kier molecular flexibility index (Phi) is 6.13. The molecule has 0 aliphatic heterocycles. The second kappa shape index (κ2) is 8.54. The molecule has 2 aromatic rings. The van der Waals surface area contributed by atoms with Crippen molar-refractivity contribution in [2.75, 3.05) is 19.0 Å². The molecule has 2 aromatic carbocycles. The van der Waals surface area contributed by atoms with E-state index in [1.807, 2.05) is 6.07 Å². The normalized spacial score (nSPS) is 13.7. The Morgan fingerprint density at radius 1 is 1.04 bits per heavy atom. The highest BCUT2D eigenvalue weighted by Gasteiger charge is 2.17. The quantitative estimate of drug-likeness (QED) is 0.764. The van der Waals surface area contributed by atoms with E-state index in [0.29, 0.717) is 11.4 Å². The first-order chi connectivity index (χ1) is 13.0. The molecule has 0 aromatic heterocycles. The van der Waals surface area contributed by atoms with E-state index in [9.17, 15) is 13.2 Å². The number of rotatable bonds is 7. The van der Waals surface area contributed by atoms with Crippen LogP contribution in [0.15, 0.2) is 47.4 Å². The molecule has 1 aliphatic carbocycles. The van der Waals surface area contributed by atoms with Gasteiger partial charge in [-0.2, -0.15) is 0 Å². The van der Waals surface area contributed by atoms with Crippen LogP contribution in [0.1, 0.15) is 30.4 Å². The first kappa shape index (κ1) is 19.4. The summed E-state index contributed by atoms with van der Waals surface area (Å²) in [4.78, 5) is 12.3. The molecule has 2 N–H and O–H groups in total. The lowest BCUT2D eigenvalue weighted by molar-refractivity contribution is -0.116. The minimum absolute atomic E-state index is 0.0431. The SMILES string of the molecule is COc1ccc(NC(=O)CCNS(=O)(=O)c2ccc3c(c2)CCCC3)cc1. The summed E-state index contributed by atoms with van der Waals surface area (Å²) in [6.45, 7) is 0.0431. The molecule has 0 atom stereocenters. The molecule has 3 rings (SSSR count). The fourth-order valence-corrected chi connectivity index (χ4v) is 4.24. The number of anilines is 1. The number of hydrogen-bond acceptors (Lipinski definition) is 4. The number of ether oxygens (including phenoxy) is 1. The Bertz CT molecular complexity index is 908. The molecule has 0 bridgehead atoms. The molecule has 6 nitrogen and oxygen atoms in total. The number of sulfonamides is 1. The molecule has 0 radical (unpaired) electrons. The highest BCUT2D eigenvalue weighted by molar-refractivity contribution is 7.89. The Morgan fingerprint density at radius 2 is 1.74 bits per heavy atom. The summed E-state index contributed by atoms with van der Waals surface area (Å²) in [5.74, 6) is 0.444. The Labute approximate surface area is 160 Å². The molecule has 0 heterocycles. The van der Waals surface area contributed by atoms with Gasteiger partial charge in [0.15, 0.2) is 0 Å². The summed E-state index contributed by atoms with van der Waals surface area (Å²) in [5, 5.41) is 2.73. The maximum atomic E-state index is 12.5. The zero-order valence-electron chi connectivity index (χ0n) is 15.3. The predicted octanol–water partition coefficient (Wildman–Crippen LogP) is 2.88. The molecule has 7 heteroatoms. The van der Waals surface area contributed by atoms with Crippen LogP contribution < -0.4 is 14.8 Å². The molecule has 1 amide bonds. The van der Waals surface area contributed by atoms with E-state index in [4.69, 9.17) is 4.74 Å².